The summed E-state index contributed by atoms with van der Waals surface area (Å²) in [6, 6.07) is 14.2. The molecule has 0 aromatic heterocycles. The number of hydrogen-bond acceptors (Lipinski definition) is 4. The van der Waals surface area contributed by atoms with Crippen LogP contribution in [-0.2, 0) is 10.2 Å². The van der Waals surface area contributed by atoms with Gasteiger partial charge in [-0.2, -0.15) is 0 Å². The zero-order valence-electron chi connectivity index (χ0n) is 17.1. The van der Waals surface area contributed by atoms with Gasteiger partial charge in [-0.3, -0.25) is 10.1 Å². The highest BCUT2D eigenvalue weighted by molar-refractivity contribution is 5.90. The molecule has 1 aliphatic carbocycles. The van der Waals surface area contributed by atoms with Crippen molar-refractivity contribution in [2.45, 2.75) is 58.0 Å². The van der Waals surface area contributed by atoms with Crippen molar-refractivity contribution in [1.29, 1.82) is 0 Å². The van der Waals surface area contributed by atoms with Crippen molar-refractivity contribution in [2.75, 3.05) is 0 Å². The summed E-state index contributed by atoms with van der Waals surface area (Å²) < 4.78 is 5.77. The number of nitro benzene ring substituents is 1. The quantitative estimate of drug-likeness (QED) is 0.382. The minimum absolute atomic E-state index is 0.0447. The van der Waals surface area contributed by atoms with Crippen LogP contribution >= 0.6 is 0 Å². The molecule has 2 aromatic carbocycles. The van der Waals surface area contributed by atoms with E-state index >= 15 is 0 Å². The van der Waals surface area contributed by atoms with Crippen molar-refractivity contribution < 1.29 is 14.5 Å². The fourth-order valence-corrected chi connectivity index (χ4v) is 3.65. The molecule has 5 heteroatoms. The average molecular weight is 381 g/mol. The highest BCUT2D eigenvalue weighted by atomic mass is 16.6. The summed E-state index contributed by atoms with van der Waals surface area (Å²) in [5, 5.41) is 10.7. The Balaban J connectivity index is 1.65. The van der Waals surface area contributed by atoms with Crippen LogP contribution in [0.2, 0.25) is 0 Å². The first-order valence-corrected chi connectivity index (χ1v) is 9.57. The lowest BCUT2D eigenvalue weighted by atomic mass is 9.86. The standard InChI is InChI=1S/C23H27NO4/c1-22(2,3)17-10-6-15(7-11-17)19-14-20(19)23(4,5)28-21(25)16-8-12-18(13-9-16)24(26)27/h6-13,19-20H,14H2,1-5H3/t19-,20+/m0/s1. The van der Waals surface area contributed by atoms with Gasteiger partial charge in [0, 0.05) is 18.1 Å². The van der Waals surface area contributed by atoms with Gasteiger partial charge in [0.1, 0.15) is 5.60 Å². The maximum atomic E-state index is 12.5. The minimum atomic E-state index is -0.605. The van der Waals surface area contributed by atoms with Gasteiger partial charge >= 0.3 is 5.97 Å². The Labute approximate surface area is 165 Å². The number of esters is 1. The SMILES string of the molecule is CC(C)(C)c1ccc([C@@H]2C[C@H]2C(C)(C)OC(=O)c2ccc([N+](=O)[O-])cc2)cc1. The summed E-state index contributed by atoms with van der Waals surface area (Å²) in [7, 11) is 0. The van der Waals surface area contributed by atoms with E-state index in [-0.39, 0.29) is 17.0 Å². The molecule has 3 rings (SSSR count). The zero-order valence-corrected chi connectivity index (χ0v) is 17.1. The number of carbonyl (C=O) groups is 1. The molecule has 28 heavy (non-hydrogen) atoms. The molecule has 0 saturated heterocycles. The van der Waals surface area contributed by atoms with Crippen LogP contribution in [0.25, 0.3) is 0 Å². The monoisotopic (exact) mass is 381 g/mol. The van der Waals surface area contributed by atoms with Gasteiger partial charge in [0.05, 0.1) is 10.5 Å². The van der Waals surface area contributed by atoms with E-state index in [4.69, 9.17) is 4.74 Å². The number of nitrogens with zero attached hydrogens (tertiary/aromatic N) is 1. The van der Waals surface area contributed by atoms with Crippen molar-refractivity contribution in [3.05, 3.63) is 75.3 Å². The summed E-state index contributed by atoms with van der Waals surface area (Å²) in [4.78, 5) is 22.7. The van der Waals surface area contributed by atoms with Crippen LogP contribution in [0.3, 0.4) is 0 Å². The zero-order chi connectivity index (χ0) is 20.7. The fraction of sp³-hybridized carbons (Fsp3) is 0.435. The molecule has 0 unspecified atom stereocenters. The number of rotatable bonds is 5. The van der Waals surface area contributed by atoms with Crippen molar-refractivity contribution in [3.8, 4) is 0 Å². The lowest BCUT2D eigenvalue weighted by Gasteiger charge is -2.26. The van der Waals surface area contributed by atoms with Crippen LogP contribution in [0, 0.1) is 16.0 Å². The summed E-state index contributed by atoms with van der Waals surface area (Å²) in [6.45, 7) is 10.5. The Kier molecular flexibility index (Phi) is 5.04. The van der Waals surface area contributed by atoms with E-state index in [0.717, 1.165) is 6.42 Å². The van der Waals surface area contributed by atoms with Gasteiger partial charge in [0.25, 0.3) is 5.69 Å². The van der Waals surface area contributed by atoms with Gasteiger partial charge in [-0.1, -0.05) is 45.0 Å². The molecule has 0 aliphatic heterocycles. The maximum Gasteiger partial charge on any atom is 0.338 e. The molecular formula is C23H27NO4. The Morgan fingerprint density at radius 3 is 2.07 bits per heavy atom. The van der Waals surface area contributed by atoms with Gasteiger partial charge < -0.3 is 4.74 Å². The Morgan fingerprint density at radius 1 is 1.00 bits per heavy atom. The summed E-state index contributed by atoms with van der Waals surface area (Å²) in [6.07, 6.45) is 0.982. The second-order valence-corrected chi connectivity index (χ2v) is 9.12. The Hall–Kier alpha value is -2.69. The van der Waals surface area contributed by atoms with Crippen LogP contribution in [0.4, 0.5) is 5.69 Å². The second kappa shape index (κ2) is 7.04. The molecule has 1 fully saturated rings. The van der Waals surface area contributed by atoms with E-state index in [0.29, 0.717) is 11.5 Å². The molecule has 0 heterocycles. The first kappa shape index (κ1) is 20.1. The normalized spacial score (nSPS) is 19.2. The van der Waals surface area contributed by atoms with E-state index in [1.165, 1.54) is 35.4 Å². The summed E-state index contributed by atoms with van der Waals surface area (Å²) in [5.41, 5.74) is 2.38. The van der Waals surface area contributed by atoms with E-state index < -0.39 is 16.5 Å². The molecule has 2 atom stereocenters. The molecule has 0 N–H and O–H groups in total. The number of hydrogen-bond donors (Lipinski definition) is 0. The van der Waals surface area contributed by atoms with Crippen LogP contribution < -0.4 is 0 Å². The number of non-ortho nitro benzene ring substituents is 1. The molecule has 5 nitrogen and oxygen atoms in total. The number of ether oxygens (including phenoxy) is 1. The predicted molar refractivity (Wildman–Crippen MR) is 109 cm³/mol. The Morgan fingerprint density at radius 2 is 1.57 bits per heavy atom. The maximum absolute atomic E-state index is 12.5. The van der Waals surface area contributed by atoms with E-state index in [1.54, 1.807) is 0 Å². The number of nitro groups is 1. The molecule has 0 spiro atoms. The van der Waals surface area contributed by atoms with E-state index in [1.807, 2.05) is 13.8 Å². The first-order chi connectivity index (χ1) is 13.0. The van der Waals surface area contributed by atoms with E-state index in [9.17, 15) is 14.9 Å². The molecule has 0 bridgehead atoms. The summed E-state index contributed by atoms with van der Waals surface area (Å²) >= 11 is 0. The molecule has 0 amide bonds. The third-order valence-electron chi connectivity index (χ3n) is 5.56. The molecule has 1 aliphatic rings. The molecule has 2 aromatic rings. The van der Waals surface area contributed by atoms with Gasteiger partial charge in [0.2, 0.25) is 0 Å². The lowest BCUT2D eigenvalue weighted by Crippen LogP contribution is -2.31. The van der Waals surface area contributed by atoms with Crippen molar-refractivity contribution in [2.24, 2.45) is 5.92 Å². The van der Waals surface area contributed by atoms with Crippen LogP contribution in [0.5, 0.6) is 0 Å². The molecule has 0 radical (unpaired) electrons. The molecular weight excluding hydrogens is 354 g/mol. The van der Waals surface area contributed by atoms with Gasteiger partial charge in [-0.25, -0.2) is 4.79 Å². The predicted octanol–water partition coefficient (Wildman–Crippen LogP) is 5.63. The fourth-order valence-electron chi connectivity index (χ4n) is 3.65. The third-order valence-corrected chi connectivity index (χ3v) is 5.56. The number of benzene rings is 2. The average Bonchev–Trinajstić information content (AvgIpc) is 3.42. The molecule has 1 saturated carbocycles. The second-order valence-electron chi connectivity index (χ2n) is 9.12. The Bertz CT molecular complexity index is 876. The highest BCUT2D eigenvalue weighted by Gasteiger charge is 2.50. The minimum Gasteiger partial charge on any atom is -0.456 e. The van der Waals surface area contributed by atoms with Crippen molar-refractivity contribution >= 4 is 11.7 Å². The molecule has 148 valence electrons. The largest absolute Gasteiger partial charge is 0.456 e. The highest BCUT2D eigenvalue weighted by Crippen LogP contribution is 2.54. The van der Waals surface area contributed by atoms with Crippen LogP contribution in [0.1, 0.15) is 68.4 Å². The number of carbonyl (C=O) groups excluding carboxylic acids is 1. The van der Waals surface area contributed by atoms with Crippen LogP contribution in [-0.4, -0.2) is 16.5 Å². The van der Waals surface area contributed by atoms with Gasteiger partial charge in [-0.05, 0) is 54.9 Å². The lowest BCUT2D eigenvalue weighted by molar-refractivity contribution is -0.384. The van der Waals surface area contributed by atoms with Gasteiger partial charge in [-0.15, -0.1) is 0 Å². The first-order valence-electron chi connectivity index (χ1n) is 9.57. The smallest absolute Gasteiger partial charge is 0.338 e. The van der Waals surface area contributed by atoms with Crippen LogP contribution in [0.15, 0.2) is 48.5 Å². The van der Waals surface area contributed by atoms with Crippen molar-refractivity contribution in [1.82, 2.24) is 0 Å². The topological polar surface area (TPSA) is 69.4 Å². The third kappa shape index (κ3) is 4.24. The van der Waals surface area contributed by atoms with Crippen molar-refractivity contribution in [3.63, 3.8) is 0 Å². The summed E-state index contributed by atoms with van der Waals surface area (Å²) in [5.74, 6) is 0.192. The van der Waals surface area contributed by atoms with E-state index in [2.05, 4.69) is 45.0 Å². The van der Waals surface area contributed by atoms with Gasteiger partial charge in [0.15, 0.2) is 0 Å².